The van der Waals surface area contributed by atoms with E-state index in [1.807, 2.05) is 19.2 Å². The number of nitrogens with zero attached hydrogens (tertiary/aromatic N) is 2. The number of aromatic nitrogens is 1. The Kier molecular flexibility index (Phi) is 4.68. The van der Waals surface area contributed by atoms with Crippen molar-refractivity contribution in [2.75, 3.05) is 18.4 Å². The largest absolute Gasteiger partial charge is 0.480 e. The second-order valence-electron chi connectivity index (χ2n) is 6.55. The highest BCUT2D eigenvalue weighted by Gasteiger charge is 2.37. The van der Waals surface area contributed by atoms with E-state index in [0.717, 1.165) is 41.2 Å². The Balaban J connectivity index is 1.50. The zero-order valence-corrected chi connectivity index (χ0v) is 14.3. The second-order valence-corrected chi connectivity index (χ2v) is 7.41. The van der Waals surface area contributed by atoms with Gasteiger partial charge in [-0.3, -0.25) is 9.69 Å². The van der Waals surface area contributed by atoms with Crippen LogP contribution in [0.1, 0.15) is 31.2 Å². The van der Waals surface area contributed by atoms with Crippen molar-refractivity contribution in [2.24, 2.45) is 5.92 Å². The van der Waals surface area contributed by atoms with Crippen LogP contribution in [0.5, 0.6) is 0 Å². The van der Waals surface area contributed by atoms with Crippen LogP contribution in [0.4, 0.5) is 5.82 Å². The SMILES string of the molecule is Cc1cc(NC2CC(N(CC(=O)O)CC3CC3)C2)ncc1Br. The molecule has 0 unspecified atom stereocenters. The lowest BCUT2D eigenvalue weighted by Crippen LogP contribution is -2.52. The first-order chi connectivity index (χ1) is 10.5. The lowest BCUT2D eigenvalue weighted by Gasteiger charge is -2.43. The third-order valence-electron chi connectivity index (χ3n) is 4.56. The van der Waals surface area contributed by atoms with E-state index in [2.05, 4.69) is 31.1 Å². The van der Waals surface area contributed by atoms with Crippen molar-refractivity contribution in [1.29, 1.82) is 0 Å². The number of carboxylic acids is 1. The summed E-state index contributed by atoms with van der Waals surface area (Å²) in [6.45, 7) is 3.16. The number of carboxylic acid groups (broad SMARTS) is 1. The fourth-order valence-corrected chi connectivity index (χ4v) is 3.20. The van der Waals surface area contributed by atoms with E-state index in [0.29, 0.717) is 12.1 Å². The average Bonchev–Trinajstić information content (AvgIpc) is 3.20. The molecule has 120 valence electrons. The van der Waals surface area contributed by atoms with Crippen molar-refractivity contribution < 1.29 is 9.90 Å². The summed E-state index contributed by atoms with van der Waals surface area (Å²) >= 11 is 3.45. The van der Waals surface area contributed by atoms with E-state index in [1.54, 1.807) is 0 Å². The fraction of sp³-hybridized carbons (Fsp3) is 0.625. The summed E-state index contributed by atoms with van der Waals surface area (Å²) in [6.07, 6.45) is 6.32. The molecule has 0 bridgehead atoms. The minimum absolute atomic E-state index is 0.170. The highest BCUT2D eigenvalue weighted by molar-refractivity contribution is 9.10. The molecule has 0 radical (unpaired) electrons. The number of nitrogens with one attached hydrogen (secondary N) is 1. The molecule has 2 aliphatic carbocycles. The maximum Gasteiger partial charge on any atom is 0.317 e. The van der Waals surface area contributed by atoms with Crippen LogP contribution in [0.3, 0.4) is 0 Å². The molecule has 0 atom stereocenters. The molecular weight excluding hydrogens is 346 g/mol. The standard InChI is InChI=1S/C16H22BrN3O2/c1-10-4-15(18-7-14(10)17)19-12-5-13(6-12)20(9-16(21)22)8-11-2-3-11/h4,7,11-13H,2-3,5-6,8-9H2,1H3,(H,18,19)(H,21,22). The highest BCUT2D eigenvalue weighted by atomic mass is 79.9. The minimum atomic E-state index is -0.720. The van der Waals surface area contributed by atoms with Crippen molar-refractivity contribution in [3.8, 4) is 0 Å². The quantitative estimate of drug-likeness (QED) is 0.775. The average molecular weight is 368 g/mol. The molecule has 0 aliphatic heterocycles. The molecule has 0 spiro atoms. The summed E-state index contributed by atoms with van der Waals surface area (Å²) in [5.74, 6) is 0.903. The summed E-state index contributed by atoms with van der Waals surface area (Å²) < 4.78 is 1.02. The maximum atomic E-state index is 11.0. The lowest BCUT2D eigenvalue weighted by molar-refractivity contribution is -0.139. The first-order valence-electron chi connectivity index (χ1n) is 7.86. The maximum absolute atomic E-state index is 11.0. The van der Waals surface area contributed by atoms with Crippen molar-refractivity contribution in [3.05, 3.63) is 22.3 Å². The summed E-state index contributed by atoms with van der Waals surface area (Å²) in [6, 6.07) is 2.83. The van der Waals surface area contributed by atoms with Gasteiger partial charge >= 0.3 is 5.97 Å². The van der Waals surface area contributed by atoms with E-state index in [4.69, 9.17) is 5.11 Å². The number of hydrogen-bond acceptors (Lipinski definition) is 4. The molecule has 0 saturated heterocycles. The molecule has 2 N–H and O–H groups in total. The zero-order valence-electron chi connectivity index (χ0n) is 12.8. The number of carbonyl (C=O) groups is 1. The third kappa shape index (κ3) is 3.98. The molecule has 1 aromatic heterocycles. The summed E-state index contributed by atoms with van der Waals surface area (Å²) in [4.78, 5) is 17.5. The van der Waals surface area contributed by atoms with Gasteiger partial charge in [-0.2, -0.15) is 0 Å². The first kappa shape index (κ1) is 15.7. The Morgan fingerprint density at radius 2 is 2.23 bits per heavy atom. The monoisotopic (exact) mass is 367 g/mol. The van der Waals surface area contributed by atoms with Gasteiger partial charge < -0.3 is 10.4 Å². The van der Waals surface area contributed by atoms with Gasteiger partial charge in [0.1, 0.15) is 5.82 Å². The lowest BCUT2D eigenvalue weighted by atomic mass is 9.85. The Labute approximate surface area is 139 Å². The van der Waals surface area contributed by atoms with E-state index >= 15 is 0 Å². The molecule has 2 aliphatic rings. The second kappa shape index (κ2) is 6.54. The summed E-state index contributed by atoms with van der Waals surface area (Å²) in [5, 5.41) is 12.5. The van der Waals surface area contributed by atoms with Gasteiger partial charge in [-0.25, -0.2) is 4.98 Å². The normalized spacial score (nSPS) is 24.1. The van der Waals surface area contributed by atoms with Crippen molar-refractivity contribution in [3.63, 3.8) is 0 Å². The number of rotatable bonds is 7. The third-order valence-corrected chi connectivity index (χ3v) is 5.39. The van der Waals surface area contributed by atoms with Gasteiger partial charge in [0.2, 0.25) is 0 Å². The van der Waals surface area contributed by atoms with Crippen LogP contribution in [-0.2, 0) is 4.79 Å². The summed E-state index contributed by atoms with van der Waals surface area (Å²) in [7, 11) is 0. The van der Waals surface area contributed by atoms with E-state index in [1.165, 1.54) is 12.8 Å². The van der Waals surface area contributed by atoms with E-state index in [9.17, 15) is 4.79 Å². The molecule has 5 nitrogen and oxygen atoms in total. The molecule has 1 heterocycles. The molecular formula is C16H22BrN3O2. The molecule has 1 aromatic rings. The smallest absolute Gasteiger partial charge is 0.317 e. The zero-order chi connectivity index (χ0) is 15.7. The van der Waals surface area contributed by atoms with Crippen molar-refractivity contribution in [2.45, 2.75) is 44.7 Å². The number of aliphatic carboxylic acids is 1. The van der Waals surface area contributed by atoms with Gasteiger partial charge in [-0.05, 0) is 66.1 Å². The number of pyridine rings is 1. The number of hydrogen-bond donors (Lipinski definition) is 2. The predicted octanol–water partition coefficient (Wildman–Crippen LogP) is 2.89. The number of anilines is 1. The molecule has 2 fully saturated rings. The Morgan fingerprint density at radius 1 is 1.50 bits per heavy atom. The molecule has 3 rings (SSSR count). The van der Waals surface area contributed by atoms with Gasteiger partial charge in [0.05, 0.1) is 6.54 Å². The predicted molar refractivity (Wildman–Crippen MR) is 89.0 cm³/mol. The van der Waals surface area contributed by atoms with Crippen LogP contribution in [-0.4, -0.2) is 46.1 Å². The van der Waals surface area contributed by atoms with Crippen molar-refractivity contribution in [1.82, 2.24) is 9.88 Å². The van der Waals surface area contributed by atoms with Crippen LogP contribution in [0.15, 0.2) is 16.7 Å². The van der Waals surface area contributed by atoms with Crippen LogP contribution < -0.4 is 5.32 Å². The van der Waals surface area contributed by atoms with Crippen LogP contribution >= 0.6 is 15.9 Å². The Morgan fingerprint density at radius 3 is 2.82 bits per heavy atom. The van der Waals surface area contributed by atoms with Crippen molar-refractivity contribution >= 4 is 27.7 Å². The van der Waals surface area contributed by atoms with Gasteiger partial charge in [0, 0.05) is 29.3 Å². The fourth-order valence-electron chi connectivity index (χ4n) is 2.98. The first-order valence-corrected chi connectivity index (χ1v) is 8.65. The molecule has 2 saturated carbocycles. The molecule has 6 heteroatoms. The van der Waals surface area contributed by atoms with Crippen LogP contribution in [0.25, 0.3) is 0 Å². The van der Waals surface area contributed by atoms with Gasteiger partial charge in [0.15, 0.2) is 0 Å². The van der Waals surface area contributed by atoms with Gasteiger partial charge in [-0.1, -0.05) is 0 Å². The molecule has 0 aromatic carbocycles. The van der Waals surface area contributed by atoms with Gasteiger partial charge in [-0.15, -0.1) is 0 Å². The van der Waals surface area contributed by atoms with Crippen LogP contribution in [0.2, 0.25) is 0 Å². The van der Waals surface area contributed by atoms with E-state index < -0.39 is 5.97 Å². The van der Waals surface area contributed by atoms with E-state index in [-0.39, 0.29) is 6.54 Å². The van der Waals surface area contributed by atoms with Crippen LogP contribution in [0, 0.1) is 12.8 Å². The number of aryl methyl sites for hydroxylation is 1. The summed E-state index contributed by atoms with van der Waals surface area (Å²) in [5.41, 5.74) is 1.16. The Hall–Kier alpha value is -1.14. The number of halogens is 1. The molecule has 22 heavy (non-hydrogen) atoms. The Bertz CT molecular complexity index is 556. The minimum Gasteiger partial charge on any atom is -0.480 e. The van der Waals surface area contributed by atoms with Gasteiger partial charge in [0.25, 0.3) is 0 Å². The highest BCUT2D eigenvalue weighted by Crippen LogP contribution is 2.34. The molecule has 0 amide bonds. The topological polar surface area (TPSA) is 65.5 Å².